The number of hydrogen-bond acceptors (Lipinski definition) is 2. The maximum atomic E-state index is 14.3. The van der Waals surface area contributed by atoms with E-state index in [-0.39, 0.29) is 29.6 Å². The highest BCUT2D eigenvalue weighted by atomic mass is 35.5. The first-order chi connectivity index (χ1) is 12.8. The summed E-state index contributed by atoms with van der Waals surface area (Å²) in [6.45, 7) is 2.76. The highest BCUT2D eigenvalue weighted by Gasteiger charge is 2.39. The molecule has 1 N–H and O–H groups in total. The van der Waals surface area contributed by atoms with Crippen LogP contribution < -0.4 is 5.32 Å². The fraction of sp³-hybridized carbons (Fsp3) is 0.409. The first-order valence-corrected chi connectivity index (χ1v) is 9.69. The Kier molecular flexibility index (Phi) is 6.18. The predicted octanol–water partition coefficient (Wildman–Crippen LogP) is 4.70. The van der Waals surface area contributed by atoms with Gasteiger partial charge in [0.15, 0.2) is 0 Å². The number of carbonyl (C=O) groups is 1. The van der Waals surface area contributed by atoms with Gasteiger partial charge in [0.2, 0.25) is 5.91 Å². The summed E-state index contributed by atoms with van der Waals surface area (Å²) in [4.78, 5) is 15.0. The molecule has 2 aromatic rings. The first-order valence-electron chi connectivity index (χ1n) is 9.31. The summed E-state index contributed by atoms with van der Waals surface area (Å²) in [5.41, 5.74) is 2.84. The molecule has 3 unspecified atom stereocenters. The monoisotopic (exact) mass is 388 g/mol. The van der Waals surface area contributed by atoms with Crippen LogP contribution in [0.1, 0.15) is 41.5 Å². The Morgan fingerprint density at radius 2 is 2.04 bits per heavy atom. The largest absolute Gasteiger partial charge is 0.348 e. The fourth-order valence-electron chi connectivity index (χ4n) is 3.75. The van der Waals surface area contributed by atoms with Gasteiger partial charge in [0.1, 0.15) is 5.82 Å². The number of rotatable bonds is 6. The molecule has 0 aromatic heterocycles. The van der Waals surface area contributed by atoms with Gasteiger partial charge in [0.05, 0.1) is 6.04 Å². The molecule has 27 heavy (non-hydrogen) atoms. The van der Waals surface area contributed by atoms with Crippen LogP contribution in [0.25, 0.3) is 0 Å². The molecule has 0 aliphatic heterocycles. The van der Waals surface area contributed by atoms with E-state index < -0.39 is 0 Å². The Hall–Kier alpha value is -1.91. The molecule has 3 atom stereocenters. The molecule has 0 heterocycles. The summed E-state index contributed by atoms with van der Waals surface area (Å²) in [6.07, 6.45) is 1.60. The molecule has 1 aliphatic carbocycles. The minimum Gasteiger partial charge on any atom is -0.348 e. The van der Waals surface area contributed by atoms with Crippen LogP contribution in [0.4, 0.5) is 4.39 Å². The van der Waals surface area contributed by atoms with Gasteiger partial charge < -0.3 is 10.2 Å². The quantitative estimate of drug-likeness (QED) is 0.777. The number of amides is 1. The zero-order valence-electron chi connectivity index (χ0n) is 16.0. The van der Waals surface area contributed by atoms with Gasteiger partial charge in [0.25, 0.3) is 0 Å². The molecule has 0 spiro atoms. The number of aryl methyl sites for hydroxylation is 1. The van der Waals surface area contributed by atoms with Crippen LogP contribution in [0, 0.1) is 18.7 Å². The minimum atomic E-state index is -0.325. The summed E-state index contributed by atoms with van der Waals surface area (Å²) in [6, 6.07) is 12.8. The summed E-state index contributed by atoms with van der Waals surface area (Å²) in [5, 5.41) is 3.57. The molecule has 3 nitrogen and oxygen atoms in total. The smallest absolute Gasteiger partial charge is 0.224 e. The van der Waals surface area contributed by atoms with E-state index in [4.69, 9.17) is 11.6 Å². The maximum Gasteiger partial charge on any atom is 0.224 e. The Bertz CT molecular complexity index is 824. The SMILES string of the molecule is Cc1cccc(C(CN(C)C)NC(=O)C2CCC2c2ccc(Cl)cc2F)c1. The molecule has 2 aromatic carbocycles. The van der Waals surface area contributed by atoms with Crippen LogP contribution in [-0.4, -0.2) is 31.4 Å². The fourth-order valence-corrected chi connectivity index (χ4v) is 3.91. The number of nitrogens with one attached hydrogen (secondary N) is 1. The molecule has 0 saturated heterocycles. The molecule has 0 bridgehead atoms. The molecule has 144 valence electrons. The number of likely N-dealkylation sites (N-methyl/N-ethyl adjacent to an activating group) is 1. The van der Waals surface area contributed by atoms with E-state index in [1.807, 2.05) is 39.2 Å². The Labute approximate surface area is 165 Å². The third-order valence-corrected chi connectivity index (χ3v) is 5.52. The first kappa shape index (κ1) is 19.8. The molecule has 5 heteroatoms. The highest BCUT2D eigenvalue weighted by molar-refractivity contribution is 6.30. The third-order valence-electron chi connectivity index (χ3n) is 5.28. The van der Waals surface area contributed by atoms with Crippen molar-refractivity contribution in [2.24, 2.45) is 5.92 Å². The summed E-state index contributed by atoms with van der Waals surface area (Å²) >= 11 is 5.86. The van der Waals surface area contributed by atoms with Gasteiger partial charge in [-0.1, -0.05) is 47.5 Å². The van der Waals surface area contributed by atoms with Crippen molar-refractivity contribution in [2.45, 2.75) is 31.7 Å². The van der Waals surface area contributed by atoms with E-state index >= 15 is 0 Å². The molecule has 1 saturated carbocycles. The minimum absolute atomic E-state index is 0.00560. The van der Waals surface area contributed by atoms with Crippen LogP contribution in [0.5, 0.6) is 0 Å². The van der Waals surface area contributed by atoms with E-state index in [1.165, 1.54) is 6.07 Å². The zero-order chi connectivity index (χ0) is 19.6. The topological polar surface area (TPSA) is 32.3 Å². The lowest BCUT2D eigenvalue weighted by molar-refractivity contribution is -0.129. The molecular weight excluding hydrogens is 363 g/mol. The second-order valence-electron chi connectivity index (χ2n) is 7.69. The van der Waals surface area contributed by atoms with E-state index in [0.717, 1.165) is 24.0 Å². The van der Waals surface area contributed by atoms with Gasteiger partial charge in [-0.2, -0.15) is 0 Å². The standard InChI is InChI=1S/C22H26ClFN2O/c1-14-5-4-6-15(11-14)21(13-26(2)3)25-22(27)19-10-9-17(19)18-8-7-16(23)12-20(18)24/h4-8,11-12,17,19,21H,9-10,13H2,1-3H3,(H,25,27). The molecular formula is C22H26ClFN2O. The number of halogens is 2. The van der Waals surface area contributed by atoms with Crippen molar-refractivity contribution in [3.8, 4) is 0 Å². The van der Waals surface area contributed by atoms with Crippen LogP contribution >= 0.6 is 11.6 Å². The number of benzene rings is 2. The van der Waals surface area contributed by atoms with Gasteiger partial charge in [-0.05, 0) is 63.0 Å². The van der Waals surface area contributed by atoms with E-state index in [0.29, 0.717) is 17.1 Å². The van der Waals surface area contributed by atoms with Gasteiger partial charge in [0, 0.05) is 17.5 Å². The van der Waals surface area contributed by atoms with Crippen LogP contribution in [0.15, 0.2) is 42.5 Å². The van der Waals surface area contributed by atoms with Gasteiger partial charge >= 0.3 is 0 Å². The lowest BCUT2D eigenvalue weighted by atomic mass is 9.69. The Morgan fingerprint density at radius 3 is 2.63 bits per heavy atom. The van der Waals surface area contributed by atoms with Crippen molar-refractivity contribution in [3.05, 3.63) is 70.0 Å². The number of carbonyl (C=O) groups excluding carboxylic acids is 1. The van der Waals surface area contributed by atoms with Crippen molar-refractivity contribution < 1.29 is 9.18 Å². The highest BCUT2D eigenvalue weighted by Crippen LogP contribution is 2.44. The molecule has 0 radical (unpaired) electrons. The summed E-state index contributed by atoms with van der Waals surface area (Å²) in [7, 11) is 3.98. The zero-order valence-corrected chi connectivity index (χ0v) is 16.8. The summed E-state index contributed by atoms with van der Waals surface area (Å²) in [5.74, 6) is -0.614. The average Bonchev–Trinajstić information content (AvgIpc) is 2.55. The van der Waals surface area contributed by atoms with Crippen molar-refractivity contribution in [3.63, 3.8) is 0 Å². The lowest BCUT2D eigenvalue weighted by Crippen LogP contribution is -2.43. The molecule has 1 fully saturated rings. The average molecular weight is 389 g/mol. The van der Waals surface area contributed by atoms with Crippen molar-refractivity contribution in [1.82, 2.24) is 10.2 Å². The van der Waals surface area contributed by atoms with Crippen molar-refractivity contribution in [1.29, 1.82) is 0 Å². The van der Waals surface area contributed by atoms with E-state index in [1.54, 1.807) is 12.1 Å². The maximum absolute atomic E-state index is 14.3. The van der Waals surface area contributed by atoms with E-state index in [2.05, 4.69) is 16.3 Å². The van der Waals surface area contributed by atoms with Crippen LogP contribution in [0.3, 0.4) is 0 Å². The van der Waals surface area contributed by atoms with Crippen LogP contribution in [0.2, 0.25) is 5.02 Å². The normalized spacial score (nSPS) is 20.2. The van der Waals surface area contributed by atoms with Gasteiger partial charge in [-0.3, -0.25) is 4.79 Å². The molecule has 1 aliphatic rings. The second-order valence-corrected chi connectivity index (χ2v) is 8.13. The molecule has 1 amide bonds. The number of hydrogen-bond donors (Lipinski definition) is 1. The van der Waals surface area contributed by atoms with Crippen molar-refractivity contribution >= 4 is 17.5 Å². The Balaban J connectivity index is 1.75. The van der Waals surface area contributed by atoms with Gasteiger partial charge in [-0.25, -0.2) is 4.39 Å². The van der Waals surface area contributed by atoms with Crippen molar-refractivity contribution in [2.75, 3.05) is 20.6 Å². The third kappa shape index (κ3) is 4.69. The lowest BCUT2D eigenvalue weighted by Gasteiger charge is -2.37. The van der Waals surface area contributed by atoms with Crippen LogP contribution in [-0.2, 0) is 4.79 Å². The molecule has 3 rings (SSSR count). The second kappa shape index (κ2) is 8.41. The van der Waals surface area contributed by atoms with E-state index in [9.17, 15) is 9.18 Å². The van der Waals surface area contributed by atoms with Gasteiger partial charge in [-0.15, -0.1) is 0 Å². The summed E-state index contributed by atoms with van der Waals surface area (Å²) < 4.78 is 14.3. The predicted molar refractivity (Wildman–Crippen MR) is 107 cm³/mol. The Morgan fingerprint density at radius 1 is 1.26 bits per heavy atom. The number of nitrogens with zero attached hydrogens (tertiary/aromatic N) is 1.